The number of benzene rings is 1. The second-order valence-electron chi connectivity index (χ2n) is 5.49. The molecule has 0 aliphatic heterocycles. The highest BCUT2D eigenvalue weighted by Gasteiger charge is 2.23. The summed E-state index contributed by atoms with van der Waals surface area (Å²) in [7, 11) is 0. The summed E-state index contributed by atoms with van der Waals surface area (Å²) >= 11 is 0. The fraction of sp³-hybridized carbons (Fsp3) is 0.438. The van der Waals surface area contributed by atoms with Gasteiger partial charge in [0.2, 0.25) is 5.91 Å². The van der Waals surface area contributed by atoms with Gasteiger partial charge in [-0.05, 0) is 18.4 Å². The zero-order chi connectivity index (χ0) is 15.2. The van der Waals surface area contributed by atoms with E-state index >= 15 is 0 Å². The van der Waals surface area contributed by atoms with Gasteiger partial charge in [0.1, 0.15) is 12.2 Å². The number of carbonyl (C=O) groups excluding carboxylic acids is 1. The van der Waals surface area contributed by atoms with Crippen LogP contribution in [0.4, 0.5) is 0 Å². The third kappa shape index (κ3) is 3.90. The standard InChI is InChI=1S/C16H22N4O/c1-12(2)15(14-7-5-4-6-8-14)16(21)17-9-10-20-11-18-19-13(20)3/h4-8,11-12,15H,9-10H2,1-3H3,(H,17,21). The van der Waals surface area contributed by atoms with Crippen molar-refractivity contribution in [2.45, 2.75) is 33.2 Å². The minimum atomic E-state index is -0.117. The maximum Gasteiger partial charge on any atom is 0.227 e. The lowest BCUT2D eigenvalue weighted by atomic mass is 9.88. The number of aryl methyl sites for hydroxylation is 1. The van der Waals surface area contributed by atoms with Crippen LogP contribution in [0.1, 0.15) is 31.2 Å². The van der Waals surface area contributed by atoms with E-state index in [1.807, 2.05) is 41.8 Å². The second kappa shape index (κ2) is 7.02. The molecule has 0 radical (unpaired) electrons. The van der Waals surface area contributed by atoms with Crippen molar-refractivity contribution >= 4 is 5.91 Å². The maximum absolute atomic E-state index is 12.4. The van der Waals surface area contributed by atoms with Gasteiger partial charge in [0.05, 0.1) is 5.92 Å². The summed E-state index contributed by atoms with van der Waals surface area (Å²) in [6.07, 6.45) is 1.68. The average Bonchev–Trinajstić information content (AvgIpc) is 2.85. The number of carbonyl (C=O) groups is 1. The summed E-state index contributed by atoms with van der Waals surface area (Å²) in [5.41, 5.74) is 1.06. The highest BCUT2D eigenvalue weighted by atomic mass is 16.1. The Labute approximate surface area is 125 Å². The van der Waals surface area contributed by atoms with Gasteiger partial charge in [-0.2, -0.15) is 0 Å². The largest absolute Gasteiger partial charge is 0.354 e. The number of amides is 1. The summed E-state index contributed by atoms with van der Waals surface area (Å²) in [5.74, 6) is 1.06. The van der Waals surface area contributed by atoms with Crippen LogP contribution in [-0.2, 0) is 11.3 Å². The van der Waals surface area contributed by atoms with Crippen molar-refractivity contribution in [2.75, 3.05) is 6.54 Å². The Kier molecular flexibility index (Phi) is 5.09. The normalized spacial score (nSPS) is 12.4. The third-order valence-corrected chi connectivity index (χ3v) is 3.57. The number of rotatable bonds is 6. The molecule has 112 valence electrons. The van der Waals surface area contributed by atoms with Crippen molar-refractivity contribution in [3.8, 4) is 0 Å². The number of nitrogens with one attached hydrogen (secondary N) is 1. The highest BCUT2D eigenvalue weighted by Crippen LogP contribution is 2.24. The smallest absolute Gasteiger partial charge is 0.227 e. The minimum Gasteiger partial charge on any atom is -0.354 e. The molecule has 1 amide bonds. The summed E-state index contributed by atoms with van der Waals surface area (Å²) in [6.45, 7) is 7.30. The maximum atomic E-state index is 12.4. The van der Waals surface area contributed by atoms with Crippen molar-refractivity contribution in [3.63, 3.8) is 0 Å². The van der Waals surface area contributed by atoms with Gasteiger partial charge in [-0.1, -0.05) is 44.2 Å². The second-order valence-corrected chi connectivity index (χ2v) is 5.49. The fourth-order valence-corrected chi connectivity index (χ4v) is 2.44. The molecule has 0 bridgehead atoms. The SMILES string of the molecule is Cc1nncn1CCNC(=O)C(c1ccccc1)C(C)C. The molecule has 1 aromatic heterocycles. The molecule has 21 heavy (non-hydrogen) atoms. The summed E-state index contributed by atoms with van der Waals surface area (Å²) in [4.78, 5) is 12.4. The van der Waals surface area contributed by atoms with Crippen molar-refractivity contribution in [3.05, 3.63) is 48.0 Å². The molecule has 1 atom stereocenters. The van der Waals surface area contributed by atoms with Crippen LogP contribution in [0, 0.1) is 12.8 Å². The molecule has 5 nitrogen and oxygen atoms in total. The van der Waals surface area contributed by atoms with Crippen LogP contribution in [-0.4, -0.2) is 27.2 Å². The van der Waals surface area contributed by atoms with Gasteiger partial charge < -0.3 is 9.88 Å². The Balaban J connectivity index is 1.95. The van der Waals surface area contributed by atoms with Crippen LogP contribution >= 0.6 is 0 Å². The average molecular weight is 286 g/mol. The molecule has 0 spiro atoms. The van der Waals surface area contributed by atoms with Gasteiger partial charge in [-0.15, -0.1) is 10.2 Å². The van der Waals surface area contributed by atoms with Crippen LogP contribution in [0.2, 0.25) is 0 Å². The van der Waals surface area contributed by atoms with Gasteiger partial charge >= 0.3 is 0 Å². The number of aromatic nitrogens is 3. The van der Waals surface area contributed by atoms with Crippen LogP contribution in [0.3, 0.4) is 0 Å². The van der Waals surface area contributed by atoms with Gasteiger partial charge in [0.15, 0.2) is 0 Å². The lowest BCUT2D eigenvalue weighted by Crippen LogP contribution is -2.34. The number of hydrogen-bond acceptors (Lipinski definition) is 3. The molecule has 5 heteroatoms. The molecular formula is C16H22N4O. The molecule has 1 unspecified atom stereocenters. The van der Waals surface area contributed by atoms with E-state index in [0.29, 0.717) is 13.1 Å². The Hall–Kier alpha value is -2.17. The van der Waals surface area contributed by atoms with Gasteiger partial charge in [-0.25, -0.2) is 0 Å². The summed E-state index contributed by atoms with van der Waals surface area (Å²) in [6, 6.07) is 9.92. The van der Waals surface area contributed by atoms with Crippen LogP contribution in [0.15, 0.2) is 36.7 Å². The first-order valence-corrected chi connectivity index (χ1v) is 7.26. The quantitative estimate of drug-likeness (QED) is 0.885. The predicted octanol–water partition coefficient (Wildman–Crippen LogP) is 2.14. The van der Waals surface area contributed by atoms with Crippen molar-refractivity contribution in [1.82, 2.24) is 20.1 Å². The van der Waals surface area contributed by atoms with E-state index < -0.39 is 0 Å². The van der Waals surface area contributed by atoms with Crippen molar-refractivity contribution in [1.29, 1.82) is 0 Å². The van der Waals surface area contributed by atoms with Gasteiger partial charge in [-0.3, -0.25) is 4.79 Å². The van der Waals surface area contributed by atoms with E-state index in [1.54, 1.807) is 6.33 Å². The summed E-state index contributed by atoms with van der Waals surface area (Å²) in [5, 5.41) is 10.8. The van der Waals surface area contributed by atoms with E-state index in [0.717, 1.165) is 11.4 Å². The zero-order valence-corrected chi connectivity index (χ0v) is 12.8. The van der Waals surface area contributed by atoms with E-state index in [2.05, 4.69) is 29.4 Å². The first-order valence-electron chi connectivity index (χ1n) is 7.26. The first-order chi connectivity index (χ1) is 10.1. The van der Waals surface area contributed by atoms with E-state index in [9.17, 15) is 4.79 Å². The van der Waals surface area contributed by atoms with Crippen molar-refractivity contribution < 1.29 is 4.79 Å². The molecule has 0 fully saturated rings. The lowest BCUT2D eigenvalue weighted by Gasteiger charge is -2.20. The molecule has 0 saturated carbocycles. The number of nitrogens with zero attached hydrogens (tertiary/aromatic N) is 3. The Morgan fingerprint density at radius 2 is 2.00 bits per heavy atom. The Bertz CT molecular complexity index is 577. The third-order valence-electron chi connectivity index (χ3n) is 3.57. The number of hydrogen-bond donors (Lipinski definition) is 1. The molecule has 0 saturated heterocycles. The van der Waals surface area contributed by atoms with E-state index in [1.165, 1.54) is 0 Å². The molecule has 1 aromatic carbocycles. The van der Waals surface area contributed by atoms with Gasteiger partial charge in [0, 0.05) is 13.1 Å². The zero-order valence-electron chi connectivity index (χ0n) is 12.8. The molecule has 0 aliphatic rings. The molecule has 2 rings (SSSR count). The molecule has 0 aliphatic carbocycles. The highest BCUT2D eigenvalue weighted by molar-refractivity contribution is 5.83. The molecule has 2 aromatic rings. The fourth-order valence-electron chi connectivity index (χ4n) is 2.44. The van der Waals surface area contributed by atoms with Gasteiger partial charge in [0.25, 0.3) is 0 Å². The molecule has 1 heterocycles. The molecular weight excluding hydrogens is 264 g/mol. The molecule has 1 N–H and O–H groups in total. The van der Waals surface area contributed by atoms with Crippen LogP contribution in [0.5, 0.6) is 0 Å². The lowest BCUT2D eigenvalue weighted by molar-refractivity contribution is -0.123. The topological polar surface area (TPSA) is 59.8 Å². The first kappa shape index (κ1) is 15.2. The summed E-state index contributed by atoms with van der Waals surface area (Å²) < 4.78 is 1.92. The van der Waals surface area contributed by atoms with Crippen LogP contribution in [0.25, 0.3) is 0 Å². The van der Waals surface area contributed by atoms with Crippen molar-refractivity contribution in [2.24, 2.45) is 5.92 Å². The van der Waals surface area contributed by atoms with E-state index in [-0.39, 0.29) is 17.7 Å². The van der Waals surface area contributed by atoms with E-state index in [4.69, 9.17) is 0 Å². The Morgan fingerprint density at radius 1 is 1.29 bits per heavy atom. The predicted molar refractivity (Wildman–Crippen MR) is 81.8 cm³/mol. The Morgan fingerprint density at radius 3 is 2.57 bits per heavy atom. The monoisotopic (exact) mass is 286 g/mol. The minimum absolute atomic E-state index is 0.0712. The van der Waals surface area contributed by atoms with Crippen LogP contribution < -0.4 is 5.32 Å².